The third-order valence-electron chi connectivity index (χ3n) is 2.84. The second-order valence-electron chi connectivity index (χ2n) is 4.55. The van der Waals surface area contributed by atoms with E-state index < -0.39 is 5.97 Å². The van der Waals surface area contributed by atoms with Crippen LogP contribution in [0.4, 0.5) is 0 Å². The fourth-order valence-corrected chi connectivity index (χ4v) is 1.72. The highest BCUT2D eigenvalue weighted by Crippen LogP contribution is 2.47. The molecule has 0 radical (unpaired) electrons. The Morgan fingerprint density at radius 3 is 2.53 bits per heavy atom. The Hall–Kier alpha value is -1.32. The van der Waals surface area contributed by atoms with Crippen molar-refractivity contribution in [3.05, 3.63) is 17.3 Å². The molecule has 2 rings (SSSR count). The number of hydrogen-bond donors (Lipinski definition) is 1. The lowest BCUT2D eigenvalue weighted by molar-refractivity contribution is 0.0658. The monoisotopic (exact) mass is 209 g/mol. The lowest BCUT2D eigenvalue weighted by Gasteiger charge is -1.98. The Kier molecular flexibility index (Phi) is 2.29. The van der Waals surface area contributed by atoms with Crippen molar-refractivity contribution in [3.63, 3.8) is 0 Å². The summed E-state index contributed by atoms with van der Waals surface area (Å²) in [5.74, 6) is 0.581. The van der Waals surface area contributed by atoms with Crippen molar-refractivity contribution in [2.75, 3.05) is 0 Å². The SMILES string of the molecule is CC(C)c1nc(C2CC2C)oc1C(=O)O. The van der Waals surface area contributed by atoms with Crippen LogP contribution >= 0.6 is 0 Å². The second-order valence-corrected chi connectivity index (χ2v) is 4.55. The summed E-state index contributed by atoms with van der Waals surface area (Å²) in [6.07, 6.45) is 1.05. The third kappa shape index (κ3) is 1.76. The zero-order valence-electron chi connectivity index (χ0n) is 9.15. The van der Waals surface area contributed by atoms with Crippen LogP contribution in [0.5, 0.6) is 0 Å². The van der Waals surface area contributed by atoms with Gasteiger partial charge in [-0.3, -0.25) is 0 Å². The van der Waals surface area contributed by atoms with E-state index in [1.165, 1.54) is 0 Å². The molecule has 2 atom stereocenters. The highest BCUT2D eigenvalue weighted by atomic mass is 16.4. The van der Waals surface area contributed by atoms with Crippen LogP contribution in [0.15, 0.2) is 4.42 Å². The highest BCUT2D eigenvalue weighted by Gasteiger charge is 2.39. The van der Waals surface area contributed by atoms with Crippen LogP contribution in [0.25, 0.3) is 0 Å². The van der Waals surface area contributed by atoms with E-state index in [1.807, 2.05) is 13.8 Å². The molecule has 1 saturated carbocycles. The number of nitrogens with zero attached hydrogens (tertiary/aromatic N) is 1. The van der Waals surface area contributed by atoms with Gasteiger partial charge in [-0.2, -0.15) is 0 Å². The maximum Gasteiger partial charge on any atom is 0.373 e. The summed E-state index contributed by atoms with van der Waals surface area (Å²) in [4.78, 5) is 15.2. The molecule has 82 valence electrons. The van der Waals surface area contributed by atoms with Crippen molar-refractivity contribution in [3.8, 4) is 0 Å². The van der Waals surface area contributed by atoms with Gasteiger partial charge in [-0.05, 0) is 18.3 Å². The zero-order valence-corrected chi connectivity index (χ0v) is 9.15. The van der Waals surface area contributed by atoms with Gasteiger partial charge in [0.25, 0.3) is 0 Å². The van der Waals surface area contributed by atoms with Crippen LogP contribution in [0, 0.1) is 5.92 Å². The van der Waals surface area contributed by atoms with Crippen LogP contribution in [0.3, 0.4) is 0 Å². The van der Waals surface area contributed by atoms with E-state index in [4.69, 9.17) is 9.52 Å². The van der Waals surface area contributed by atoms with E-state index in [0.717, 1.165) is 6.42 Å². The highest BCUT2D eigenvalue weighted by molar-refractivity contribution is 5.85. The Morgan fingerprint density at radius 2 is 2.20 bits per heavy atom. The van der Waals surface area contributed by atoms with Crippen molar-refractivity contribution in [2.24, 2.45) is 5.92 Å². The van der Waals surface area contributed by atoms with Crippen LogP contribution in [-0.2, 0) is 0 Å². The average Bonchev–Trinajstić information content (AvgIpc) is 2.72. The van der Waals surface area contributed by atoms with Crippen molar-refractivity contribution in [1.82, 2.24) is 4.98 Å². The minimum atomic E-state index is -1.02. The standard InChI is InChI=1S/C11H15NO3/c1-5(2)8-9(11(13)14)15-10(12-8)7-4-6(7)3/h5-7H,4H2,1-3H3,(H,13,14). The molecule has 1 aromatic rings. The molecule has 1 heterocycles. The van der Waals surface area contributed by atoms with Crippen molar-refractivity contribution in [1.29, 1.82) is 0 Å². The molecule has 1 aliphatic rings. The number of aromatic carboxylic acids is 1. The molecular weight excluding hydrogens is 194 g/mol. The van der Waals surface area contributed by atoms with E-state index in [9.17, 15) is 4.79 Å². The molecule has 1 N–H and O–H groups in total. The molecule has 0 amide bonds. The topological polar surface area (TPSA) is 63.3 Å². The van der Waals surface area contributed by atoms with E-state index in [1.54, 1.807) is 0 Å². The van der Waals surface area contributed by atoms with Crippen LogP contribution in [0.2, 0.25) is 0 Å². The summed E-state index contributed by atoms with van der Waals surface area (Å²) in [6, 6.07) is 0. The molecule has 2 unspecified atom stereocenters. The summed E-state index contributed by atoms with van der Waals surface area (Å²) in [7, 11) is 0. The van der Waals surface area contributed by atoms with Crippen molar-refractivity contribution >= 4 is 5.97 Å². The molecule has 0 aliphatic heterocycles. The molecule has 1 aromatic heterocycles. The number of oxazole rings is 1. The molecular formula is C11H15NO3. The van der Waals surface area contributed by atoms with Gasteiger partial charge < -0.3 is 9.52 Å². The molecule has 0 spiro atoms. The Morgan fingerprint density at radius 1 is 1.60 bits per heavy atom. The molecule has 0 aromatic carbocycles. The van der Waals surface area contributed by atoms with Gasteiger partial charge in [0, 0.05) is 5.92 Å². The van der Waals surface area contributed by atoms with Gasteiger partial charge >= 0.3 is 5.97 Å². The Bertz CT molecular complexity index is 395. The maximum absolute atomic E-state index is 10.9. The van der Waals surface area contributed by atoms with Gasteiger partial charge in [-0.1, -0.05) is 20.8 Å². The van der Waals surface area contributed by atoms with Crippen molar-refractivity contribution < 1.29 is 14.3 Å². The van der Waals surface area contributed by atoms with E-state index >= 15 is 0 Å². The van der Waals surface area contributed by atoms with Gasteiger partial charge in [0.1, 0.15) is 0 Å². The summed E-state index contributed by atoms with van der Waals surface area (Å²) in [5.41, 5.74) is 0.566. The number of carboxylic acid groups (broad SMARTS) is 1. The molecule has 4 heteroatoms. The largest absolute Gasteiger partial charge is 0.475 e. The third-order valence-corrected chi connectivity index (χ3v) is 2.84. The average molecular weight is 209 g/mol. The molecule has 0 saturated heterocycles. The van der Waals surface area contributed by atoms with E-state index in [-0.39, 0.29) is 11.7 Å². The summed E-state index contributed by atoms with van der Waals surface area (Å²) >= 11 is 0. The van der Waals surface area contributed by atoms with Crippen LogP contribution in [-0.4, -0.2) is 16.1 Å². The zero-order chi connectivity index (χ0) is 11.2. The predicted octanol–water partition coefficient (Wildman–Crippen LogP) is 2.62. The second kappa shape index (κ2) is 3.36. The van der Waals surface area contributed by atoms with Crippen molar-refractivity contribution in [2.45, 2.75) is 39.0 Å². The first kappa shape index (κ1) is 10.2. The Balaban J connectivity index is 2.36. The fraction of sp³-hybridized carbons (Fsp3) is 0.636. The van der Waals surface area contributed by atoms with E-state index in [0.29, 0.717) is 23.4 Å². The molecule has 1 fully saturated rings. The molecule has 15 heavy (non-hydrogen) atoms. The fourth-order valence-electron chi connectivity index (χ4n) is 1.72. The van der Waals surface area contributed by atoms with Crippen LogP contribution in [0.1, 0.15) is 61.2 Å². The number of aromatic nitrogens is 1. The number of carboxylic acids is 1. The first-order valence-electron chi connectivity index (χ1n) is 5.24. The quantitative estimate of drug-likeness (QED) is 0.831. The lowest BCUT2D eigenvalue weighted by Crippen LogP contribution is -2.01. The normalized spacial score (nSPS) is 24.5. The first-order chi connectivity index (χ1) is 7.00. The smallest absolute Gasteiger partial charge is 0.373 e. The Labute approximate surface area is 88.3 Å². The number of carbonyl (C=O) groups is 1. The maximum atomic E-state index is 10.9. The van der Waals surface area contributed by atoms with Gasteiger partial charge in [0.05, 0.1) is 5.69 Å². The van der Waals surface area contributed by atoms with Gasteiger partial charge in [0.15, 0.2) is 5.89 Å². The summed E-state index contributed by atoms with van der Waals surface area (Å²) in [5, 5.41) is 8.96. The minimum absolute atomic E-state index is 0.0131. The molecule has 1 aliphatic carbocycles. The summed E-state index contributed by atoms with van der Waals surface area (Å²) in [6.45, 7) is 5.96. The predicted molar refractivity (Wildman–Crippen MR) is 54.1 cm³/mol. The summed E-state index contributed by atoms with van der Waals surface area (Å²) < 4.78 is 5.32. The van der Waals surface area contributed by atoms with Gasteiger partial charge in [-0.25, -0.2) is 9.78 Å². The van der Waals surface area contributed by atoms with Gasteiger partial charge in [-0.15, -0.1) is 0 Å². The minimum Gasteiger partial charge on any atom is -0.475 e. The van der Waals surface area contributed by atoms with Crippen LogP contribution < -0.4 is 0 Å². The molecule has 0 bridgehead atoms. The first-order valence-corrected chi connectivity index (χ1v) is 5.24. The van der Waals surface area contributed by atoms with E-state index in [2.05, 4.69) is 11.9 Å². The van der Waals surface area contributed by atoms with Gasteiger partial charge in [0.2, 0.25) is 5.76 Å². The lowest BCUT2D eigenvalue weighted by atomic mass is 10.1. The number of hydrogen-bond acceptors (Lipinski definition) is 3. The number of rotatable bonds is 3. The molecule has 4 nitrogen and oxygen atoms in total.